The summed E-state index contributed by atoms with van der Waals surface area (Å²) in [5.41, 5.74) is 5.54. The largest absolute Gasteiger partial charge is 0.493 e. The van der Waals surface area contributed by atoms with Gasteiger partial charge in [-0.1, -0.05) is 48.0 Å². The molecule has 2 nitrogen and oxygen atoms in total. The second-order valence-electron chi connectivity index (χ2n) is 7.87. The molecule has 0 aliphatic carbocycles. The molecule has 0 aromatic heterocycles. The van der Waals surface area contributed by atoms with Crippen molar-refractivity contribution in [2.24, 2.45) is 16.3 Å². The highest BCUT2D eigenvalue weighted by Gasteiger charge is 2.31. The van der Waals surface area contributed by atoms with Crippen LogP contribution in [0.4, 0.5) is 0 Å². The molecular formula is C20H33NO. The van der Waals surface area contributed by atoms with Gasteiger partial charge in [-0.15, -0.1) is 0 Å². The van der Waals surface area contributed by atoms with Gasteiger partial charge in [0.25, 0.3) is 0 Å². The third-order valence-electron chi connectivity index (χ3n) is 4.92. The van der Waals surface area contributed by atoms with Gasteiger partial charge < -0.3 is 4.74 Å². The molecule has 124 valence electrons. The summed E-state index contributed by atoms with van der Waals surface area (Å²) in [4.78, 5) is 5.08. The Morgan fingerprint density at radius 2 is 1.95 bits per heavy atom. The van der Waals surface area contributed by atoms with Crippen LogP contribution in [0.25, 0.3) is 0 Å². The molecule has 0 aromatic rings. The molecule has 1 atom stereocenters. The van der Waals surface area contributed by atoms with Gasteiger partial charge in [0.1, 0.15) is 5.76 Å². The van der Waals surface area contributed by atoms with Gasteiger partial charge in [-0.3, -0.25) is 4.99 Å². The Labute approximate surface area is 136 Å². The van der Waals surface area contributed by atoms with Crippen LogP contribution in [0.1, 0.15) is 80.1 Å². The Bertz CT molecular complexity index is 502. The minimum absolute atomic E-state index is 0.0842. The van der Waals surface area contributed by atoms with E-state index in [1.54, 1.807) is 0 Å². The van der Waals surface area contributed by atoms with Gasteiger partial charge >= 0.3 is 0 Å². The first-order valence-electron chi connectivity index (χ1n) is 9.02. The Balaban J connectivity index is 2.41. The van der Waals surface area contributed by atoms with E-state index in [9.17, 15) is 0 Å². The van der Waals surface area contributed by atoms with Crippen LogP contribution in [0.5, 0.6) is 0 Å². The van der Waals surface area contributed by atoms with E-state index in [4.69, 9.17) is 9.73 Å². The Kier molecular flexibility index (Phi) is 5.52. The molecule has 2 aliphatic heterocycles. The van der Waals surface area contributed by atoms with Gasteiger partial charge in [-0.2, -0.15) is 0 Å². The van der Waals surface area contributed by atoms with Gasteiger partial charge in [-0.05, 0) is 30.8 Å². The monoisotopic (exact) mass is 303 g/mol. The average Bonchev–Trinajstić information content (AvgIpc) is 2.88. The van der Waals surface area contributed by atoms with Crippen molar-refractivity contribution in [3.05, 3.63) is 22.6 Å². The fourth-order valence-corrected chi connectivity index (χ4v) is 3.24. The van der Waals surface area contributed by atoms with Crippen molar-refractivity contribution < 1.29 is 4.74 Å². The van der Waals surface area contributed by atoms with Crippen LogP contribution >= 0.6 is 0 Å². The lowest BCUT2D eigenvalue weighted by Crippen LogP contribution is -2.11. The zero-order valence-electron chi connectivity index (χ0n) is 15.4. The molecule has 1 fully saturated rings. The molecule has 0 aromatic carbocycles. The lowest BCUT2D eigenvalue weighted by atomic mass is 9.87. The van der Waals surface area contributed by atoms with Gasteiger partial charge in [0.15, 0.2) is 0 Å². The predicted octanol–water partition coefficient (Wildman–Crippen LogP) is 6.04. The van der Waals surface area contributed by atoms with Crippen molar-refractivity contribution in [1.82, 2.24) is 0 Å². The summed E-state index contributed by atoms with van der Waals surface area (Å²) < 4.78 is 6.08. The molecule has 0 amide bonds. The van der Waals surface area contributed by atoms with Crippen LogP contribution in [-0.2, 0) is 4.74 Å². The number of ether oxygens (including phenoxy) is 1. The van der Waals surface area contributed by atoms with E-state index in [0.29, 0.717) is 0 Å². The highest BCUT2D eigenvalue weighted by atomic mass is 16.5. The van der Waals surface area contributed by atoms with E-state index in [1.807, 2.05) is 0 Å². The van der Waals surface area contributed by atoms with E-state index in [-0.39, 0.29) is 5.41 Å². The van der Waals surface area contributed by atoms with Crippen LogP contribution in [0.2, 0.25) is 0 Å². The lowest BCUT2D eigenvalue weighted by Gasteiger charge is -2.22. The average molecular weight is 303 g/mol. The van der Waals surface area contributed by atoms with Gasteiger partial charge in [0.05, 0.1) is 12.3 Å². The van der Waals surface area contributed by atoms with E-state index in [0.717, 1.165) is 38.2 Å². The van der Waals surface area contributed by atoms with Crippen molar-refractivity contribution in [3.8, 4) is 0 Å². The van der Waals surface area contributed by atoms with Gasteiger partial charge in [0.2, 0.25) is 0 Å². The van der Waals surface area contributed by atoms with Crippen LogP contribution < -0.4 is 0 Å². The number of rotatable bonds is 5. The van der Waals surface area contributed by atoms with Crippen molar-refractivity contribution in [1.29, 1.82) is 0 Å². The smallest absolute Gasteiger partial charge is 0.124 e. The van der Waals surface area contributed by atoms with E-state index < -0.39 is 0 Å². The topological polar surface area (TPSA) is 21.6 Å². The SMILES string of the molecule is CCC1=NC(C(C)(C)C)=C2CCOC2=C(CCC(C)CC)C1. The van der Waals surface area contributed by atoms with Crippen LogP contribution in [0.15, 0.2) is 27.6 Å². The minimum atomic E-state index is 0.0842. The van der Waals surface area contributed by atoms with Crippen molar-refractivity contribution >= 4 is 5.71 Å². The number of allylic oxidation sites excluding steroid dienone is 3. The molecule has 2 aliphatic rings. The first kappa shape index (κ1) is 17.3. The summed E-state index contributed by atoms with van der Waals surface area (Å²) in [5.74, 6) is 1.98. The maximum absolute atomic E-state index is 6.08. The van der Waals surface area contributed by atoms with Gasteiger partial charge in [0, 0.05) is 29.5 Å². The number of hydrogen-bond donors (Lipinski definition) is 0. The van der Waals surface area contributed by atoms with E-state index in [1.165, 1.54) is 41.2 Å². The Morgan fingerprint density at radius 1 is 1.23 bits per heavy atom. The molecule has 0 radical (unpaired) electrons. The van der Waals surface area contributed by atoms with E-state index >= 15 is 0 Å². The number of fused-ring (bicyclic) bond motifs is 1. The summed E-state index contributed by atoms with van der Waals surface area (Å²) in [6.07, 6.45) is 6.74. The lowest BCUT2D eigenvalue weighted by molar-refractivity contribution is 0.260. The zero-order chi connectivity index (χ0) is 16.3. The van der Waals surface area contributed by atoms with Crippen LogP contribution in [0, 0.1) is 11.3 Å². The first-order valence-corrected chi connectivity index (χ1v) is 9.02. The molecule has 0 spiro atoms. The highest BCUT2D eigenvalue weighted by molar-refractivity contribution is 5.88. The molecule has 0 N–H and O–H groups in total. The molecule has 0 saturated carbocycles. The second kappa shape index (κ2) is 7.02. The summed E-state index contributed by atoms with van der Waals surface area (Å²) in [6.45, 7) is 14.5. The maximum Gasteiger partial charge on any atom is 0.124 e. The molecule has 22 heavy (non-hydrogen) atoms. The molecule has 0 bridgehead atoms. The third kappa shape index (κ3) is 3.83. The van der Waals surface area contributed by atoms with Crippen LogP contribution in [0.3, 0.4) is 0 Å². The Morgan fingerprint density at radius 3 is 2.55 bits per heavy atom. The molecule has 1 unspecified atom stereocenters. The maximum atomic E-state index is 6.08. The van der Waals surface area contributed by atoms with E-state index in [2.05, 4.69) is 41.5 Å². The summed E-state index contributed by atoms with van der Waals surface area (Å²) in [7, 11) is 0. The fraction of sp³-hybridized carbons (Fsp3) is 0.750. The second-order valence-corrected chi connectivity index (χ2v) is 7.87. The summed E-state index contributed by atoms with van der Waals surface area (Å²) in [6, 6.07) is 0. The third-order valence-corrected chi connectivity index (χ3v) is 4.92. The zero-order valence-corrected chi connectivity index (χ0v) is 15.4. The standard InChI is InChI=1S/C20H33NO/c1-7-14(3)9-10-15-13-16(8-2)21-19(20(4,5)6)17-11-12-22-18(15)17/h14H,7-13H2,1-6H3. The highest BCUT2D eigenvalue weighted by Crippen LogP contribution is 2.42. The first-order chi connectivity index (χ1) is 10.4. The molecule has 2 heteroatoms. The number of aliphatic imine (C=N–C) groups is 1. The fourth-order valence-electron chi connectivity index (χ4n) is 3.24. The molecule has 2 heterocycles. The van der Waals surface area contributed by atoms with Crippen LogP contribution in [-0.4, -0.2) is 12.3 Å². The normalized spacial score (nSPS) is 20.5. The van der Waals surface area contributed by atoms with Crippen molar-refractivity contribution in [2.45, 2.75) is 80.1 Å². The predicted molar refractivity (Wildman–Crippen MR) is 95.1 cm³/mol. The molecule has 1 saturated heterocycles. The summed E-state index contributed by atoms with van der Waals surface area (Å²) in [5, 5.41) is 0. The van der Waals surface area contributed by atoms with Gasteiger partial charge in [-0.25, -0.2) is 0 Å². The molecular weight excluding hydrogens is 270 g/mol. The quantitative estimate of drug-likeness (QED) is 0.606. The minimum Gasteiger partial charge on any atom is -0.493 e. The van der Waals surface area contributed by atoms with Crippen molar-refractivity contribution in [3.63, 3.8) is 0 Å². The number of hydrogen-bond acceptors (Lipinski definition) is 2. The molecule has 2 rings (SSSR count). The number of nitrogens with zero attached hydrogens (tertiary/aromatic N) is 1. The summed E-state index contributed by atoms with van der Waals surface area (Å²) >= 11 is 0. The Hall–Kier alpha value is -1.05. The van der Waals surface area contributed by atoms with Crippen molar-refractivity contribution in [2.75, 3.05) is 6.61 Å².